The number of carbonyl (C=O) groups is 2. The number of rotatable bonds is 15. The summed E-state index contributed by atoms with van der Waals surface area (Å²) in [6.07, 6.45) is 2.23. The molecule has 6 aromatic carbocycles. The number of esters is 1. The van der Waals surface area contributed by atoms with Gasteiger partial charge in [0, 0.05) is 80.1 Å². The minimum absolute atomic E-state index is 0.170. The molecule has 0 radical (unpaired) electrons. The van der Waals surface area contributed by atoms with E-state index in [4.69, 9.17) is 67.1 Å². The lowest BCUT2D eigenvalue weighted by Gasteiger charge is -2.49. The summed E-state index contributed by atoms with van der Waals surface area (Å²) >= 11 is 15.8. The van der Waals surface area contributed by atoms with E-state index in [9.17, 15) is 14.7 Å². The molecule has 96 heavy (non-hydrogen) atoms. The topological polar surface area (TPSA) is 168 Å². The molecule has 20 heteroatoms. The first-order chi connectivity index (χ1) is 45.7. The number of benzene rings is 6. The Kier molecular flexibility index (Phi) is 18.8. The number of carboxylic acids is 1. The van der Waals surface area contributed by atoms with Crippen LogP contribution in [0.4, 0.5) is 0 Å². The lowest BCUT2D eigenvalue weighted by Crippen LogP contribution is -2.61. The number of carbonyl (C=O) groups excluding carboxylic acids is 1. The van der Waals surface area contributed by atoms with E-state index in [0.717, 1.165) is 176 Å². The van der Waals surface area contributed by atoms with Crippen molar-refractivity contribution in [3.05, 3.63) is 141 Å². The molecular formula is C76H86Cl2N8O8S2. The van der Waals surface area contributed by atoms with Crippen LogP contribution in [0.5, 0.6) is 0 Å². The van der Waals surface area contributed by atoms with Gasteiger partial charge in [0.15, 0.2) is 12.2 Å². The van der Waals surface area contributed by atoms with Crippen LogP contribution in [0, 0.1) is 13.8 Å². The van der Waals surface area contributed by atoms with Gasteiger partial charge in [-0.3, -0.25) is 19.2 Å². The van der Waals surface area contributed by atoms with Crippen molar-refractivity contribution in [3.8, 4) is 43.4 Å². The molecule has 0 spiro atoms. The molecule has 8 heterocycles. The molecule has 0 bridgehead atoms. The first kappa shape index (κ1) is 67.9. The predicted molar refractivity (Wildman–Crippen MR) is 386 cm³/mol. The lowest BCUT2D eigenvalue weighted by molar-refractivity contribution is -0.166. The number of carboxylic acid groups (broad SMARTS) is 1. The molecule has 0 amide bonds. The number of likely N-dealkylation sites (tertiary alicyclic amines) is 2. The molecule has 1 N–H and O–H groups in total. The molecule has 0 unspecified atom stereocenters. The van der Waals surface area contributed by atoms with Crippen LogP contribution in [0.3, 0.4) is 0 Å². The monoisotopic (exact) mass is 1370 g/mol. The van der Waals surface area contributed by atoms with E-state index in [0.29, 0.717) is 27.4 Å². The van der Waals surface area contributed by atoms with Gasteiger partial charge in [0.2, 0.25) is 0 Å². The first-order valence-corrected chi connectivity index (χ1v) is 35.8. The molecule has 4 aliphatic rings. The van der Waals surface area contributed by atoms with Gasteiger partial charge in [0.05, 0.1) is 98.2 Å². The number of fused-ring (bicyclic) bond motifs is 4. The average Bonchev–Trinajstić information content (AvgIpc) is 1.59. The fourth-order valence-electron chi connectivity index (χ4n) is 14.5. The molecule has 4 aliphatic heterocycles. The Morgan fingerprint density at radius 2 is 0.969 bits per heavy atom. The van der Waals surface area contributed by atoms with Crippen LogP contribution in [0.25, 0.3) is 85.6 Å². The van der Waals surface area contributed by atoms with Crippen LogP contribution in [-0.2, 0) is 47.4 Å². The largest absolute Gasteiger partial charge is 0.479 e. The number of thiazole rings is 2. The van der Waals surface area contributed by atoms with E-state index in [-0.39, 0.29) is 17.7 Å². The molecule has 504 valence electrons. The summed E-state index contributed by atoms with van der Waals surface area (Å²) in [4.78, 5) is 41.8. The van der Waals surface area contributed by atoms with Crippen LogP contribution in [0.2, 0.25) is 10.0 Å². The van der Waals surface area contributed by atoms with Crippen LogP contribution < -0.4 is 0 Å². The summed E-state index contributed by atoms with van der Waals surface area (Å²) < 4.78 is 35.2. The zero-order chi connectivity index (χ0) is 67.9. The van der Waals surface area contributed by atoms with Gasteiger partial charge >= 0.3 is 11.9 Å². The zero-order valence-electron chi connectivity index (χ0n) is 57.2. The molecule has 14 rings (SSSR count). The molecule has 0 saturated carbocycles. The van der Waals surface area contributed by atoms with Gasteiger partial charge in [-0.1, -0.05) is 47.5 Å². The number of piperidine rings is 2. The SMILES string of the molecule is CCOC(=O)[C@@H](OC(C)(C)C)c1c(C)cc2nc(-c3ccc4c(c3)c(C3CCN(C5(C)COC5)CC3)nn4C)sc2c1-c1ccc(Cl)cc1.Cc1cc2nc(-c3ccc4c(c3)c(C3CCN(C5(C)COC5)CC3)nn4C)sc2c(-c2ccc(Cl)cc2)c1[C@H](OC(C)(C)C)C(=O)O. The van der Waals surface area contributed by atoms with Crippen molar-refractivity contribution in [1.29, 1.82) is 0 Å². The van der Waals surface area contributed by atoms with Crippen molar-refractivity contribution < 1.29 is 38.4 Å². The number of aromatic nitrogens is 6. The molecule has 16 nitrogen and oxygen atoms in total. The summed E-state index contributed by atoms with van der Waals surface area (Å²) in [5.41, 5.74) is 14.1. The number of hydrogen-bond donors (Lipinski definition) is 1. The summed E-state index contributed by atoms with van der Waals surface area (Å²) in [6, 6.07) is 32.4. The van der Waals surface area contributed by atoms with Gasteiger partial charge in [0.25, 0.3) is 0 Å². The van der Waals surface area contributed by atoms with Crippen molar-refractivity contribution in [3.63, 3.8) is 0 Å². The smallest absolute Gasteiger partial charge is 0.339 e. The van der Waals surface area contributed by atoms with Crippen molar-refractivity contribution in [2.75, 3.05) is 59.2 Å². The highest BCUT2D eigenvalue weighted by atomic mass is 35.5. The minimum atomic E-state index is -1.16. The fourth-order valence-corrected chi connectivity index (χ4v) is 17.0. The molecule has 4 saturated heterocycles. The number of aliphatic carboxylic acids is 1. The molecule has 2 atom stereocenters. The highest BCUT2D eigenvalue weighted by molar-refractivity contribution is 7.22. The molecular weight excluding hydrogens is 1290 g/mol. The Bertz CT molecular complexity index is 4580. The first-order valence-electron chi connectivity index (χ1n) is 33.4. The summed E-state index contributed by atoms with van der Waals surface area (Å²) in [7, 11) is 4.06. The second-order valence-electron chi connectivity index (χ2n) is 29.0. The van der Waals surface area contributed by atoms with Gasteiger partial charge in [0.1, 0.15) is 10.0 Å². The third-order valence-electron chi connectivity index (χ3n) is 19.5. The standard InChI is InChI=1S/C39H45ClN4O4S.C37H41ClN4O4S/c1-8-47-37(45)34(48-38(3,4)5)31-23(2)19-29-35(32(31)24-9-12-27(40)13-10-24)49-36(41-29)26-11-14-30-28(20-26)33(42-43(30)7)25-15-17-44(18-16-25)39(6)21-46-22-39;1-21-17-27-33(30(22-7-10-25(38)11-8-22)29(21)32(35(43)44)46-36(2,3)4)47-34(39-27)24-9-12-28-26(18-24)31(40-41(28)6)23-13-15-42(16-14-23)37(5)19-45-20-37/h9-14,19-20,25,34H,8,15-18,21-22H2,1-7H3;7-12,17-18,23,32H,13-16,19-20H2,1-6H3,(H,43,44)/t34-;32-/m00/s1. The Labute approximate surface area is 579 Å². The summed E-state index contributed by atoms with van der Waals surface area (Å²) in [6.45, 7) is 29.6. The summed E-state index contributed by atoms with van der Waals surface area (Å²) in [5, 5.41) is 25.9. The fraction of sp³-hybridized carbons (Fsp3) is 0.447. The van der Waals surface area contributed by atoms with E-state index in [1.54, 1.807) is 22.7 Å². The van der Waals surface area contributed by atoms with Crippen molar-refractivity contribution >= 4 is 100 Å². The number of nitrogens with zero attached hydrogens (tertiary/aromatic N) is 8. The van der Waals surface area contributed by atoms with Gasteiger partial charge in [-0.15, -0.1) is 22.7 Å². The van der Waals surface area contributed by atoms with Crippen LogP contribution in [-0.4, -0.2) is 138 Å². The Morgan fingerprint density at radius 1 is 0.594 bits per heavy atom. The van der Waals surface area contributed by atoms with Crippen LogP contribution >= 0.6 is 45.9 Å². The number of hydrogen-bond acceptors (Lipinski definition) is 15. The zero-order valence-corrected chi connectivity index (χ0v) is 60.3. The highest BCUT2D eigenvalue weighted by Gasteiger charge is 2.43. The summed E-state index contributed by atoms with van der Waals surface area (Å²) in [5.74, 6) is -0.643. The lowest BCUT2D eigenvalue weighted by atomic mass is 9.87. The average molecular weight is 1370 g/mol. The van der Waals surface area contributed by atoms with E-state index in [1.807, 2.05) is 140 Å². The third kappa shape index (κ3) is 13.4. The van der Waals surface area contributed by atoms with E-state index < -0.39 is 35.3 Å². The molecule has 10 aromatic rings. The predicted octanol–water partition coefficient (Wildman–Crippen LogP) is 17.3. The Balaban J connectivity index is 0.000000174. The number of ether oxygens (including phenoxy) is 5. The van der Waals surface area contributed by atoms with Crippen LogP contribution in [0.15, 0.2) is 97.1 Å². The van der Waals surface area contributed by atoms with Gasteiger partial charge in [-0.05, 0) is 223 Å². The second-order valence-corrected chi connectivity index (χ2v) is 31.9. The third-order valence-corrected chi connectivity index (χ3v) is 22.3. The Hall–Kier alpha value is -6.68. The van der Waals surface area contributed by atoms with Crippen molar-refractivity contribution in [2.45, 2.75) is 148 Å². The van der Waals surface area contributed by atoms with Gasteiger partial charge in [-0.25, -0.2) is 19.6 Å². The van der Waals surface area contributed by atoms with Gasteiger partial charge in [-0.2, -0.15) is 10.2 Å². The molecule has 4 fully saturated rings. The maximum atomic E-state index is 13.6. The maximum Gasteiger partial charge on any atom is 0.339 e. The number of halogens is 2. The van der Waals surface area contributed by atoms with E-state index >= 15 is 0 Å². The van der Waals surface area contributed by atoms with Crippen molar-refractivity contribution in [2.24, 2.45) is 14.1 Å². The highest BCUT2D eigenvalue weighted by Crippen LogP contribution is 2.49. The number of aryl methyl sites for hydroxylation is 4. The normalized spacial score (nSPS) is 17.9. The maximum absolute atomic E-state index is 13.6. The molecule has 0 aliphatic carbocycles. The minimum Gasteiger partial charge on any atom is -0.479 e. The van der Waals surface area contributed by atoms with Crippen LogP contribution in [0.1, 0.15) is 146 Å². The van der Waals surface area contributed by atoms with E-state index in [1.165, 1.54) is 16.5 Å². The van der Waals surface area contributed by atoms with Crippen molar-refractivity contribution in [1.82, 2.24) is 39.3 Å². The second kappa shape index (κ2) is 26.5. The van der Waals surface area contributed by atoms with E-state index in [2.05, 4.69) is 66.1 Å². The molecule has 4 aromatic heterocycles. The Morgan fingerprint density at radius 3 is 1.32 bits per heavy atom. The quantitative estimate of drug-likeness (QED) is 0.0962. The van der Waals surface area contributed by atoms with Gasteiger partial charge < -0.3 is 28.8 Å².